The zero-order chi connectivity index (χ0) is 18.5. The highest BCUT2D eigenvalue weighted by atomic mass is 16.6. The molecule has 9 nitrogen and oxygen atoms in total. The van der Waals surface area contributed by atoms with Gasteiger partial charge < -0.3 is 19.5 Å². The lowest BCUT2D eigenvalue weighted by atomic mass is 9.95. The fraction of sp³-hybridized carbons (Fsp3) is 0.412. The number of carbonyl (C=O) groups excluding carboxylic acids is 1. The van der Waals surface area contributed by atoms with Crippen molar-refractivity contribution in [1.82, 2.24) is 20.2 Å². The monoisotopic (exact) mass is 359 g/mol. The fourth-order valence-electron chi connectivity index (χ4n) is 2.85. The van der Waals surface area contributed by atoms with Crippen molar-refractivity contribution in [3.63, 3.8) is 0 Å². The number of carbonyl (C=O) groups is 1. The molecular weight excluding hydrogens is 338 g/mol. The van der Waals surface area contributed by atoms with E-state index in [1.54, 1.807) is 18.7 Å². The minimum atomic E-state index is -0.556. The number of esters is 1. The third-order valence-electron chi connectivity index (χ3n) is 3.97. The Morgan fingerprint density at radius 1 is 1.31 bits per heavy atom. The van der Waals surface area contributed by atoms with Crippen LogP contribution in [0.4, 0.5) is 5.95 Å². The molecule has 1 aromatic heterocycles. The van der Waals surface area contributed by atoms with Gasteiger partial charge >= 0.3 is 5.97 Å². The van der Waals surface area contributed by atoms with E-state index in [0.717, 1.165) is 5.56 Å². The van der Waals surface area contributed by atoms with Crippen molar-refractivity contribution in [2.75, 3.05) is 32.2 Å². The molecule has 0 saturated heterocycles. The number of allylic oxidation sites excluding steroid dienone is 1. The number of rotatable bonds is 7. The standard InChI is InChI=1S/C17H21N5O4/c1-4-25-13-8-6-5-7-12(13)15-14(16(23)26-10-9-24-3)11(2)18-17-19-20-21-22(15)17/h5-8,15H,4,9-10H2,1-3H3,(H,18,19,21)/t15-/m1/s1. The Morgan fingerprint density at radius 3 is 2.88 bits per heavy atom. The summed E-state index contributed by atoms with van der Waals surface area (Å²) < 4.78 is 17.6. The molecule has 1 N–H and O–H groups in total. The summed E-state index contributed by atoms with van der Waals surface area (Å²) in [5, 5.41) is 14.8. The van der Waals surface area contributed by atoms with E-state index in [1.165, 1.54) is 0 Å². The SMILES string of the molecule is CCOc1ccccc1[C@@H]1C(C(=O)OCCOC)=C(C)Nc2nnnn21. The van der Waals surface area contributed by atoms with Gasteiger partial charge in [0.1, 0.15) is 18.4 Å². The maximum absolute atomic E-state index is 12.8. The van der Waals surface area contributed by atoms with Crippen molar-refractivity contribution < 1.29 is 19.0 Å². The Kier molecular flexibility index (Phi) is 5.47. The summed E-state index contributed by atoms with van der Waals surface area (Å²) in [7, 11) is 1.55. The van der Waals surface area contributed by atoms with Crippen LogP contribution >= 0.6 is 0 Å². The van der Waals surface area contributed by atoms with E-state index in [-0.39, 0.29) is 6.61 Å². The Labute approximate surface area is 150 Å². The van der Waals surface area contributed by atoms with Crippen molar-refractivity contribution in [2.24, 2.45) is 0 Å². The van der Waals surface area contributed by atoms with E-state index < -0.39 is 12.0 Å². The minimum absolute atomic E-state index is 0.161. The normalized spacial score (nSPS) is 16.0. The largest absolute Gasteiger partial charge is 0.494 e. The number of benzene rings is 1. The second-order valence-electron chi connectivity index (χ2n) is 5.61. The van der Waals surface area contributed by atoms with Crippen molar-refractivity contribution >= 4 is 11.9 Å². The van der Waals surface area contributed by atoms with Crippen LogP contribution in [0.15, 0.2) is 35.5 Å². The Hall–Kier alpha value is -2.94. The first-order valence-electron chi connectivity index (χ1n) is 8.30. The molecule has 0 radical (unpaired) electrons. The molecular formula is C17H21N5O4. The number of hydrogen-bond donors (Lipinski definition) is 1. The molecule has 0 aliphatic carbocycles. The predicted octanol–water partition coefficient (Wildman–Crippen LogP) is 1.55. The van der Waals surface area contributed by atoms with Gasteiger partial charge in [-0.2, -0.15) is 4.68 Å². The van der Waals surface area contributed by atoms with Crippen LogP contribution in [0.1, 0.15) is 25.5 Å². The fourth-order valence-corrected chi connectivity index (χ4v) is 2.85. The third-order valence-corrected chi connectivity index (χ3v) is 3.97. The first-order chi connectivity index (χ1) is 12.7. The van der Waals surface area contributed by atoms with Gasteiger partial charge in [-0.15, -0.1) is 0 Å². The van der Waals surface area contributed by atoms with E-state index in [4.69, 9.17) is 14.2 Å². The third kappa shape index (κ3) is 3.38. The van der Waals surface area contributed by atoms with Gasteiger partial charge in [0.2, 0.25) is 5.95 Å². The van der Waals surface area contributed by atoms with Crippen LogP contribution in [0, 0.1) is 0 Å². The number of anilines is 1. The topological polar surface area (TPSA) is 100 Å². The number of fused-ring (bicyclic) bond motifs is 1. The number of methoxy groups -OCH3 is 1. The molecule has 0 fully saturated rings. The van der Waals surface area contributed by atoms with Gasteiger partial charge in [0.05, 0.1) is 18.8 Å². The van der Waals surface area contributed by atoms with Gasteiger partial charge in [0, 0.05) is 18.4 Å². The highest BCUT2D eigenvalue weighted by Gasteiger charge is 2.36. The van der Waals surface area contributed by atoms with E-state index in [2.05, 4.69) is 20.8 Å². The summed E-state index contributed by atoms with van der Waals surface area (Å²) in [5.74, 6) is 0.662. The summed E-state index contributed by atoms with van der Waals surface area (Å²) in [5.41, 5.74) is 1.83. The first kappa shape index (κ1) is 17.9. The highest BCUT2D eigenvalue weighted by Crippen LogP contribution is 2.38. The van der Waals surface area contributed by atoms with Crippen molar-refractivity contribution in [3.05, 3.63) is 41.1 Å². The minimum Gasteiger partial charge on any atom is -0.494 e. The van der Waals surface area contributed by atoms with Crippen LogP contribution in [0.5, 0.6) is 5.75 Å². The number of nitrogens with zero attached hydrogens (tertiary/aromatic N) is 4. The number of para-hydroxylation sites is 1. The molecule has 2 heterocycles. The molecule has 1 aromatic carbocycles. The second-order valence-corrected chi connectivity index (χ2v) is 5.61. The molecule has 1 atom stereocenters. The summed E-state index contributed by atoms with van der Waals surface area (Å²) in [4.78, 5) is 12.8. The molecule has 26 heavy (non-hydrogen) atoms. The van der Waals surface area contributed by atoms with Crippen LogP contribution < -0.4 is 10.1 Å². The Morgan fingerprint density at radius 2 is 2.12 bits per heavy atom. The average Bonchev–Trinajstić information content (AvgIpc) is 3.09. The molecule has 1 aliphatic rings. The lowest BCUT2D eigenvalue weighted by Crippen LogP contribution is -2.30. The van der Waals surface area contributed by atoms with Gasteiger partial charge in [-0.3, -0.25) is 0 Å². The molecule has 2 aromatic rings. The maximum Gasteiger partial charge on any atom is 0.338 e. The van der Waals surface area contributed by atoms with E-state index >= 15 is 0 Å². The van der Waals surface area contributed by atoms with Crippen molar-refractivity contribution in [2.45, 2.75) is 19.9 Å². The lowest BCUT2D eigenvalue weighted by molar-refractivity contribution is -0.140. The van der Waals surface area contributed by atoms with E-state index in [9.17, 15) is 4.79 Å². The summed E-state index contributed by atoms with van der Waals surface area (Å²) in [6.45, 7) is 4.68. The number of ether oxygens (including phenoxy) is 3. The maximum atomic E-state index is 12.8. The second kappa shape index (κ2) is 7.96. The lowest BCUT2D eigenvalue weighted by Gasteiger charge is -2.28. The zero-order valence-corrected chi connectivity index (χ0v) is 14.9. The number of aromatic nitrogens is 4. The molecule has 0 bridgehead atoms. The van der Waals surface area contributed by atoms with Gasteiger partial charge in [-0.1, -0.05) is 23.3 Å². The molecule has 0 spiro atoms. The predicted molar refractivity (Wildman–Crippen MR) is 92.7 cm³/mol. The molecule has 9 heteroatoms. The number of nitrogens with one attached hydrogen (secondary N) is 1. The quantitative estimate of drug-likeness (QED) is 0.587. The highest BCUT2D eigenvalue weighted by molar-refractivity contribution is 5.92. The van der Waals surface area contributed by atoms with E-state index in [1.807, 2.05) is 31.2 Å². The van der Waals surface area contributed by atoms with Crippen LogP contribution in [0.25, 0.3) is 0 Å². The van der Waals surface area contributed by atoms with Crippen molar-refractivity contribution in [3.8, 4) is 5.75 Å². The Balaban J connectivity index is 2.05. The molecule has 0 amide bonds. The van der Waals surface area contributed by atoms with Crippen LogP contribution in [-0.2, 0) is 14.3 Å². The summed E-state index contributed by atoms with van der Waals surface area (Å²) in [6.07, 6.45) is 0. The molecule has 138 valence electrons. The van der Waals surface area contributed by atoms with Crippen LogP contribution in [0.3, 0.4) is 0 Å². The average molecular weight is 359 g/mol. The summed E-state index contributed by atoms with van der Waals surface area (Å²) in [6, 6.07) is 6.95. The van der Waals surface area contributed by atoms with Crippen LogP contribution in [0.2, 0.25) is 0 Å². The number of hydrogen-bond acceptors (Lipinski definition) is 8. The van der Waals surface area contributed by atoms with Gasteiger partial charge in [-0.25, -0.2) is 4.79 Å². The first-order valence-corrected chi connectivity index (χ1v) is 8.30. The van der Waals surface area contributed by atoms with Gasteiger partial charge in [0.15, 0.2) is 0 Å². The van der Waals surface area contributed by atoms with E-state index in [0.29, 0.717) is 36.2 Å². The smallest absolute Gasteiger partial charge is 0.338 e. The molecule has 0 saturated carbocycles. The van der Waals surface area contributed by atoms with Crippen LogP contribution in [-0.4, -0.2) is 53.1 Å². The zero-order valence-electron chi connectivity index (χ0n) is 14.9. The molecule has 0 unspecified atom stereocenters. The summed E-state index contributed by atoms with van der Waals surface area (Å²) >= 11 is 0. The number of tetrazole rings is 1. The van der Waals surface area contributed by atoms with Gasteiger partial charge in [-0.05, 0) is 30.3 Å². The van der Waals surface area contributed by atoms with Gasteiger partial charge in [0.25, 0.3) is 0 Å². The molecule has 1 aliphatic heterocycles. The molecule has 3 rings (SSSR count). The van der Waals surface area contributed by atoms with Crippen molar-refractivity contribution in [1.29, 1.82) is 0 Å². The Bertz CT molecular complexity index is 817.